The number of nitrogens with zero attached hydrogens (tertiary/aromatic N) is 1. The predicted octanol–water partition coefficient (Wildman–Crippen LogP) is 3.22. The smallest absolute Gasteiger partial charge is 0.340 e. The molecule has 1 aliphatic heterocycles. The van der Waals surface area contributed by atoms with Gasteiger partial charge in [-0.2, -0.15) is 0 Å². The van der Waals surface area contributed by atoms with Crippen molar-refractivity contribution in [2.45, 2.75) is 33.2 Å². The summed E-state index contributed by atoms with van der Waals surface area (Å²) in [4.78, 5) is 54.5. The molecular formula is C21H22BrN3O5. The number of aryl methyl sites for hydroxylation is 1. The number of rotatable bonds is 6. The molecule has 3 amide bonds. The number of nitrogens with one attached hydrogen (secondary N) is 2. The normalized spacial score (nSPS) is 18.5. The lowest BCUT2D eigenvalue weighted by molar-refractivity contribution is -0.130. The predicted molar refractivity (Wildman–Crippen MR) is 112 cm³/mol. The van der Waals surface area contributed by atoms with Crippen molar-refractivity contribution in [3.63, 3.8) is 0 Å². The maximum atomic E-state index is 13.1. The molecule has 2 aromatic rings. The summed E-state index contributed by atoms with van der Waals surface area (Å²) in [6, 6.07) is 6.42. The van der Waals surface area contributed by atoms with Crippen LogP contribution in [0.15, 0.2) is 28.7 Å². The molecular weight excluding hydrogens is 454 g/mol. The molecule has 1 aromatic heterocycles. The van der Waals surface area contributed by atoms with Crippen molar-refractivity contribution in [1.29, 1.82) is 0 Å². The van der Waals surface area contributed by atoms with E-state index in [0.717, 1.165) is 4.90 Å². The number of esters is 1. The quantitative estimate of drug-likeness (QED) is 0.378. The number of carbonyl (C=O) groups is 4. The molecule has 0 unspecified atom stereocenters. The van der Waals surface area contributed by atoms with Crippen LogP contribution in [0.4, 0.5) is 4.79 Å². The fourth-order valence-corrected chi connectivity index (χ4v) is 4.33. The van der Waals surface area contributed by atoms with Crippen LogP contribution in [0, 0.1) is 13.8 Å². The maximum absolute atomic E-state index is 13.1. The number of hydrogen-bond acceptors (Lipinski definition) is 5. The Balaban J connectivity index is 1.87. The number of ketones is 1. The zero-order chi connectivity index (χ0) is 22.2. The number of hydrogen-bond donors (Lipinski definition) is 2. The minimum atomic E-state index is -1.30. The fourth-order valence-electron chi connectivity index (χ4n) is 3.65. The zero-order valence-electron chi connectivity index (χ0n) is 17.1. The number of aromatic nitrogens is 1. The standard InChI is InChI=1S/C21H22BrN3O5/c1-5-30-18(27)16-11(2)17(23-12(16)3)15(26)10-25-19(28)21(4,24-20(25)29)13-8-6-7-9-14(13)22/h6-9,23H,5,10H2,1-4H3,(H,24,29)/t21-/m0/s1. The van der Waals surface area contributed by atoms with Gasteiger partial charge in [0.05, 0.1) is 24.4 Å². The third-order valence-corrected chi connectivity index (χ3v) is 5.88. The van der Waals surface area contributed by atoms with E-state index in [9.17, 15) is 19.2 Å². The van der Waals surface area contributed by atoms with Gasteiger partial charge in [0.15, 0.2) is 5.78 Å². The lowest BCUT2D eigenvalue weighted by Crippen LogP contribution is -2.41. The summed E-state index contributed by atoms with van der Waals surface area (Å²) in [6.07, 6.45) is 0. The number of aromatic amines is 1. The van der Waals surface area contributed by atoms with Crippen LogP contribution in [-0.2, 0) is 15.1 Å². The molecule has 2 heterocycles. The topological polar surface area (TPSA) is 109 Å². The van der Waals surface area contributed by atoms with E-state index in [2.05, 4.69) is 26.2 Å². The highest BCUT2D eigenvalue weighted by atomic mass is 79.9. The molecule has 0 radical (unpaired) electrons. The molecule has 0 aliphatic carbocycles. The minimum Gasteiger partial charge on any atom is -0.462 e. The van der Waals surface area contributed by atoms with Gasteiger partial charge in [0.25, 0.3) is 5.91 Å². The minimum absolute atomic E-state index is 0.172. The van der Waals surface area contributed by atoms with Gasteiger partial charge >= 0.3 is 12.0 Å². The van der Waals surface area contributed by atoms with E-state index in [0.29, 0.717) is 21.3 Å². The Labute approximate surface area is 182 Å². The molecule has 9 heteroatoms. The number of H-pyrrole nitrogens is 1. The lowest BCUT2D eigenvalue weighted by Gasteiger charge is -2.23. The van der Waals surface area contributed by atoms with Crippen molar-refractivity contribution >= 4 is 39.6 Å². The highest BCUT2D eigenvalue weighted by Gasteiger charge is 2.50. The van der Waals surface area contributed by atoms with E-state index >= 15 is 0 Å². The molecule has 0 saturated carbocycles. The van der Waals surface area contributed by atoms with E-state index in [4.69, 9.17) is 4.74 Å². The summed E-state index contributed by atoms with van der Waals surface area (Å²) in [7, 11) is 0. The van der Waals surface area contributed by atoms with Crippen LogP contribution in [0.5, 0.6) is 0 Å². The lowest BCUT2D eigenvalue weighted by atomic mass is 9.92. The molecule has 2 N–H and O–H groups in total. The van der Waals surface area contributed by atoms with Gasteiger partial charge in [-0.05, 0) is 39.3 Å². The molecule has 0 spiro atoms. The number of Topliss-reactive ketones (excluding diaryl/α,β-unsaturated/α-hetero) is 1. The summed E-state index contributed by atoms with van der Waals surface area (Å²) < 4.78 is 5.70. The molecule has 3 rings (SSSR count). The molecule has 1 aliphatic rings. The van der Waals surface area contributed by atoms with Crippen molar-refractivity contribution in [2.24, 2.45) is 0 Å². The van der Waals surface area contributed by atoms with Crippen LogP contribution in [0.25, 0.3) is 0 Å². The molecule has 1 aromatic carbocycles. The van der Waals surface area contributed by atoms with Gasteiger partial charge in [0, 0.05) is 15.7 Å². The Morgan fingerprint density at radius 2 is 1.87 bits per heavy atom. The van der Waals surface area contributed by atoms with Crippen molar-refractivity contribution in [1.82, 2.24) is 15.2 Å². The van der Waals surface area contributed by atoms with Crippen molar-refractivity contribution in [3.05, 3.63) is 56.8 Å². The van der Waals surface area contributed by atoms with Crippen molar-refractivity contribution in [3.8, 4) is 0 Å². The van der Waals surface area contributed by atoms with Crippen LogP contribution in [0.3, 0.4) is 0 Å². The van der Waals surface area contributed by atoms with Crippen molar-refractivity contribution < 1.29 is 23.9 Å². The van der Waals surface area contributed by atoms with Gasteiger partial charge in [-0.15, -0.1) is 0 Å². The van der Waals surface area contributed by atoms with Crippen LogP contribution >= 0.6 is 15.9 Å². The van der Waals surface area contributed by atoms with Crippen LogP contribution < -0.4 is 5.32 Å². The van der Waals surface area contributed by atoms with Gasteiger partial charge in [-0.25, -0.2) is 9.59 Å². The van der Waals surface area contributed by atoms with E-state index in [1.54, 1.807) is 52.0 Å². The van der Waals surface area contributed by atoms with Crippen LogP contribution in [-0.4, -0.2) is 46.7 Å². The third kappa shape index (κ3) is 3.54. The Morgan fingerprint density at radius 1 is 1.20 bits per heavy atom. The van der Waals surface area contributed by atoms with Crippen LogP contribution in [0.2, 0.25) is 0 Å². The van der Waals surface area contributed by atoms with Gasteiger partial charge in [0.1, 0.15) is 5.54 Å². The van der Waals surface area contributed by atoms with Gasteiger partial charge in [0.2, 0.25) is 0 Å². The first-order valence-electron chi connectivity index (χ1n) is 9.40. The molecule has 158 valence electrons. The number of carbonyl (C=O) groups excluding carboxylic acids is 4. The zero-order valence-corrected chi connectivity index (χ0v) is 18.7. The molecule has 1 saturated heterocycles. The Morgan fingerprint density at radius 3 is 2.50 bits per heavy atom. The second kappa shape index (κ2) is 8.06. The summed E-state index contributed by atoms with van der Waals surface area (Å²) in [5.41, 5.74) is 0.672. The first kappa shape index (κ1) is 21.8. The van der Waals surface area contributed by atoms with Gasteiger partial charge in [-0.3, -0.25) is 14.5 Å². The SMILES string of the molecule is CCOC(=O)c1c(C)[nH]c(C(=O)CN2C(=O)N[C@@](C)(c3ccccc3Br)C2=O)c1C. The largest absolute Gasteiger partial charge is 0.462 e. The first-order valence-corrected chi connectivity index (χ1v) is 10.2. The molecule has 8 nitrogen and oxygen atoms in total. The summed E-state index contributed by atoms with van der Waals surface area (Å²) in [5, 5.41) is 2.68. The number of benzene rings is 1. The average molecular weight is 476 g/mol. The van der Waals surface area contributed by atoms with Crippen LogP contribution in [0.1, 0.15) is 51.5 Å². The van der Waals surface area contributed by atoms with Gasteiger partial charge < -0.3 is 15.0 Å². The highest BCUT2D eigenvalue weighted by Crippen LogP contribution is 2.33. The molecule has 30 heavy (non-hydrogen) atoms. The maximum Gasteiger partial charge on any atom is 0.340 e. The summed E-state index contributed by atoms with van der Waals surface area (Å²) in [5.74, 6) is -1.54. The van der Waals surface area contributed by atoms with E-state index in [-0.39, 0.29) is 17.9 Å². The van der Waals surface area contributed by atoms with Crippen molar-refractivity contribution in [2.75, 3.05) is 13.2 Å². The third-order valence-electron chi connectivity index (χ3n) is 5.19. The molecule has 0 bridgehead atoms. The van der Waals surface area contributed by atoms with E-state index < -0.39 is 35.8 Å². The molecule has 1 atom stereocenters. The number of ether oxygens (including phenoxy) is 1. The Hall–Kier alpha value is -2.94. The molecule has 1 fully saturated rings. The second-order valence-corrected chi connectivity index (χ2v) is 8.05. The number of imide groups is 1. The second-order valence-electron chi connectivity index (χ2n) is 7.19. The van der Waals surface area contributed by atoms with Gasteiger partial charge in [-0.1, -0.05) is 34.1 Å². The Kier molecular flexibility index (Phi) is 5.85. The first-order chi connectivity index (χ1) is 14.1. The summed E-state index contributed by atoms with van der Waals surface area (Å²) in [6.45, 7) is 6.34. The fraction of sp³-hybridized carbons (Fsp3) is 0.333. The average Bonchev–Trinajstić information content (AvgIpc) is 3.10. The number of halogens is 1. The van der Waals surface area contributed by atoms with E-state index in [1.165, 1.54) is 0 Å². The van der Waals surface area contributed by atoms with E-state index in [1.807, 2.05) is 0 Å². The Bertz CT molecular complexity index is 1060. The monoisotopic (exact) mass is 475 g/mol. The highest BCUT2D eigenvalue weighted by molar-refractivity contribution is 9.10. The summed E-state index contributed by atoms with van der Waals surface area (Å²) >= 11 is 3.41. The number of amides is 3. The number of urea groups is 1.